The van der Waals surface area contributed by atoms with Crippen molar-refractivity contribution in [2.75, 3.05) is 26.7 Å². The fraction of sp³-hybridized carbons (Fsp3) is 1.00. The van der Waals surface area contributed by atoms with Gasteiger partial charge < -0.3 is 10.2 Å². The summed E-state index contributed by atoms with van der Waals surface area (Å²) in [6.45, 7) is 6.41. The molecule has 3 atom stereocenters. The zero-order valence-electron chi connectivity index (χ0n) is 11.8. The second-order valence-electron chi connectivity index (χ2n) is 6.14. The van der Waals surface area contributed by atoms with Crippen LogP contribution in [0.15, 0.2) is 0 Å². The molecule has 100 valence electrons. The molecule has 3 unspecified atom stereocenters. The molecule has 2 heteroatoms. The third-order valence-corrected chi connectivity index (χ3v) is 4.84. The average Bonchev–Trinajstić information content (AvgIpc) is 2.78. The van der Waals surface area contributed by atoms with E-state index < -0.39 is 0 Å². The molecule has 0 aromatic carbocycles. The summed E-state index contributed by atoms with van der Waals surface area (Å²) < 4.78 is 0. The number of rotatable bonds is 5. The van der Waals surface area contributed by atoms with Gasteiger partial charge in [-0.05, 0) is 51.1 Å². The second kappa shape index (κ2) is 6.75. The monoisotopic (exact) mass is 238 g/mol. The summed E-state index contributed by atoms with van der Waals surface area (Å²) >= 11 is 0. The van der Waals surface area contributed by atoms with Gasteiger partial charge in [-0.3, -0.25) is 0 Å². The fourth-order valence-corrected chi connectivity index (χ4v) is 3.86. The first-order valence-corrected chi connectivity index (χ1v) is 7.73. The van der Waals surface area contributed by atoms with Gasteiger partial charge in [0.05, 0.1) is 0 Å². The van der Waals surface area contributed by atoms with E-state index >= 15 is 0 Å². The van der Waals surface area contributed by atoms with Crippen molar-refractivity contribution in [3.05, 3.63) is 0 Å². The van der Waals surface area contributed by atoms with Gasteiger partial charge in [-0.1, -0.05) is 26.2 Å². The Bertz CT molecular complexity index is 217. The minimum absolute atomic E-state index is 0.786. The molecule has 1 N–H and O–H groups in total. The number of nitrogens with one attached hydrogen (secondary N) is 1. The van der Waals surface area contributed by atoms with Crippen LogP contribution in [0, 0.1) is 11.8 Å². The lowest BCUT2D eigenvalue weighted by atomic mass is 9.84. The first-order chi connectivity index (χ1) is 8.33. The molecule has 2 aliphatic rings. The number of likely N-dealkylation sites (tertiary alicyclic amines) is 1. The lowest BCUT2D eigenvalue weighted by molar-refractivity contribution is 0.190. The van der Waals surface area contributed by atoms with Crippen molar-refractivity contribution in [2.24, 2.45) is 11.8 Å². The Balaban J connectivity index is 1.76. The summed E-state index contributed by atoms with van der Waals surface area (Å²) in [7, 11) is 2.15. The van der Waals surface area contributed by atoms with Gasteiger partial charge in [0, 0.05) is 19.1 Å². The number of nitrogens with zero attached hydrogens (tertiary/aromatic N) is 1. The molecule has 17 heavy (non-hydrogen) atoms. The summed E-state index contributed by atoms with van der Waals surface area (Å²) in [5.41, 5.74) is 0. The Morgan fingerprint density at radius 2 is 2.00 bits per heavy atom. The third-order valence-electron chi connectivity index (χ3n) is 4.84. The van der Waals surface area contributed by atoms with Crippen molar-refractivity contribution in [3.63, 3.8) is 0 Å². The lowest BCUT2D eigenvalue weighted by Gasteiger charge is -2.34. The molecule has 1 heterocycles. The Labute approximate surface area is 107 Å². The van der Waals surface area contributed by atoms with Gasteiger partial charge in [0.1, 0.15) is 0 Å². The van der Waals surface area contributed by atoms with Gasteiger partial charge in [0.15, 0.2) is 0 Å². The number of hydrogen-bond acceptors (Lipinski definition) is 2. The Morgan fingerprint density at radius 3 is 2.76 bits per heavy atom. The quantitative estimate of drug-likeness (QED) is 0.792. The second-order valence-corrected chi connectivity index (χ2v) is 6.14. The van der Waals surface area contributed by atoms with Crippen LogP contribution >= 0.6 is 0 Å². The van der Waals surface area contributed by atoms with E-state index in [9.17, 15) is 0 Å². The van der Waals surface area contributed by atoms with Crippen molar-refractivity contribution in [1.82, 2.24) is 10.2 Å². The SMILES string of the molecule is CCCC1CCN(CC2CCCCC2NC)C1. The standard InChI is InChI=1S/C15H30N2/c1-3-6-13-9-10-17(11-13)12-14-7-4-5-8-15(14)16-2/h13-16H,3-12H2,1-2H3. The fourth-order valence-electron chi connectivity index (χ4n) is 3.86. The van der Waals surface area contributed by atoms with E-state index in [0.29, 0.717) is 0 Å². The van der Waals surface area contributed by atoms with Gasteiger partial charge in [-0.2, -0.15) is 0 Å². The molecule has 2 fully saturated rings. The van der Waals surface area contributed by atoms with Crippen LogP contribution < -0.4 is 5.32 Å². The summed E-state index contributed by atoms with van der Waals surface area (Å²) in [6, 6.07) is 0.786. The molecule has 1 saturated heterocycles. The van der Waals surface area contributed by atoms with E-state index in [1.807, 2.05) is 0 Å². The lowest BCUT2D eigenvalue weighted by Crippen LogP contribution is -2.42. The van der Waals surface area contributed by atoms with Crippen LogP contribution in [0.2, 0.25) is 0 Å². The van der Waals surface area contributed by atoms with Crippen molar-refractivity contribution in [1.29, 1.82) is 0 Å². The largest absolute Gasteiger partial charge is 0.317 e. The van der Waals surface area contributed by atoms with Crippen molar-refractivity contribution in [2.45, 2.75) is 57.9 Å². The van der Waals surface area contributed by atoms with Crippen molar-refractivity contribution < 1.29 is 0 Å². The molecule has 0 aromatic rings. The van der Waals surface area contributed by atoms with Crippen LogP contribution in [-0.2, 0) is 0 Å². The molecule has 0 aromatic heterocycles. The topological polar surface area (TPSA) is 15.3 Å². The normalized spacial score (nSPS) is 35.3. The molecule has 1 saturated carbocycles. The molecular weight excluding hydrogens is 208 g/mol. The summed E-state index contributed by atoms with van der Waals surface area (Å²) in [4.78, 5) is 2.74. The van der Waals surface area contributed by atoms with Crippen LogP contribution in [0.4, 0.5) is 0 Å². The molecule has 0 bridgehead atoms. The van der Waals surface area contributed by atoms with E-state index in [0.717, 1.165) is 17.9 Å². The average molecular weight is 238 g/mol. The maximum Gasteiger partial charge on any atom is 0.0104 e. The summed E-state index contributed by atoms with van der Waals surface area (Å²) in [5.74, 6) is 1.91. The van der Waals surface area contributed by atoms with Crippen LogP contribution in [0.5, 0.6) is 0 Å². The van der Waals surface area contributed by atoms with Gasteiger partial charge in [0.25, 0.3) is 0 Å². The van der Waals surface area contributed by atoms with Crippen LogP contribution in [-0.4, -0.2) is 37.6 Å². The van der Waals surface area contributed by atoms with Gasteiger partial charge in [-0.25, -0.2) is 0 Å². The molecule has 0 radical (unpaired) electrons. The van der Waals surface area contributed by atoms with E-state index in [1.165, 1.54) is 64.6 Å². The maximum absolute atomic E-state index is 3.54. The molecule has 2 nitrogen and oxygen atoms in total. The van der Waals surface area contributed by atoms with Gasteiger partial charge in [0.2, 0.25) is 0 Å². The first-order valence-electron chi connectivity index (χ1n) is 7.73. The smallest absolute Gasteiger partial charge is 0.0104 e. The molecule has 2 rings (SSSR count). The van der Waals surface area contributed by atoms with E-state index in [-0.39, 0.29) is 0 Å². The minimum atomic E-state index is 0.786. The highest BCUT2D eigenvalue weighted by molar-refractivity contribution is 4.85. The highest BCUT2D eigenvalue weighted by Gasteiger charge is 2.28. The van der Waals surface area contributed by atoms with E-state index in [2.05, 4.69) is 24.2 Å². The molecule has 0 spiro atoms. The zero-order chi connectivity index (χ0) is 12.1. The van der Waals surface area contributed by atoms with E-state index in [1.54, 1.807) is 0 Å². The van der Waals surface area contributed by atoms with Crippen molar-refractivity contribution >= 4 is 0 Å². The van der Waals surface area contributed by atoms with Crippen LogP contribution in [0.3, 0.4) is 0 Å². The Hall–Kier alpha value is -0.0800. The third kappa shape index (κ3) is 3.69. The Morgan fingerprint density at radius 1 is 1.18 bits per heavy atom. The predicted octanol–water partition coefficient (Wildman–Crippen LogP) is 2.89. The summed E-state index contributed by atoms with van der Waals surface area (Å²) in [5, 5.41) is 3.54. The van der Waals surface area contributed by atoms with Crippen LogP contribution in [0.25, 0.3) is 0 Å². The van der Waals surface area contributed by atoms with Crippen LogP contribution in [0.1, 0.15) is 51.9 Å². The number of hydrogen-bond donors (Lipinski definition) is 1. The summed E-state index contributed by atoms with van der Waals surface area (Å²) in [6.07, 6.45) is 9.98. The first kappa shape index (κ1) is 13.4. The van der Waals surface area contributed by atoms with Gasteiger partial charge >= 0.3 is 0 Å². The minimum Gasteiger partial charge on any atom is -0.317 e. The molecule has 1 aliphatic heterocycles. The maximum atomic E-state index is 3.54. The van der Waals surface area contributed by atoms with Crippen molar-refractivity contribution in [3.8, 4) is 0 Å². The highest BCUT2D eigenvalue weighted by atomic mass is 15.1. The predicted molar refractivity (Wildman–Crippen MR) is 74.3 cm³/mol. The highest BCUT2D eigenvalue weighted by Crippen LogP contribution is 2.28. The van der Waals surface area contributed by atoms with Gasteiger partial charge in [-0.15, -0.1) is 0 Å². The molecular formula is C15H30N2. The van der Waals surface area contributed by atoms with E-state index in [4.69, 9.17) is 0 Å². The zero-order valence-corrected chi connectivity index (χ0v) is 11.8. The molecule has 1 aliphatic carbocycles. The molecule has 0 amide bonds. The Kier molecular flexibility index (Phi) is 5.30.